The number of nitrogens with one attached hydrogen (secondary N) is 3. The first kappa shape index (κ1) is 48.6. The zero-order valence-corrected chi connectivity index (χ0v) is 36.6. The summed E-state index contributed by atoms with van der Waals surface area (Å²) in [5.74, 6) is -2.11. The van der Waals surface area contributed by atoms with Crippen LogP contribution in [0.5, 0.6) is 5.75 Å². The topological polar surface area (TPSA) is 165 Å². The lowest BCUT2D eigenvalue weighted by Gasteiger charge is -2.44. The molecule has 318 valence electrons. The minimum absolute atomic E-state index is 0.0125. The predicted molar refractivity (Wildman–Crippen MR) is 216 cm³/mol. The number of hydrogen-bond donors (Lipinski definition) is 3. The molecule has 10 atom stereocenters. The Kier molecular flexibility index (Phi) is 18.9. The van der Waals surface area contributed by atoms with Crippen molar-refractivity contribution in [3.63, 3.8) is 0 Å². The van der Waals surface area contributed by atoms with Crippen LogP contribution in [0, 0.1) is 23.7 Å². The highest BCUT2D eigenvalue weighted by atomic mass is 16.5. The number of ketones is 1. The molecule has 1 aliphatic heterocycles. The molecule has 0 bridgehead atoms. The Labute approximate surface area is 335 Å². The molecule has 1 saturated heterocycles. The molecule has 3 N–H and O–H groups in total. The highest BCUT2D eigenvalue weighted by Gasteiger charge is 2.53. The van der Waals surface area contributed by atoms with Gasteiger partial charge in [0, 0.05) is 41.3 Å². The van der Waals surface area contributed by atoms with Gasteiger partial charge in [0.25, 0.3) is 0 Å². The first-order chi connectivity index (χ1) is 26.3. The first-order valence-electron chi connectivity index (χ1n) is 19.9. The number of benzene rings is 1. The number of para-hydroxylation sites is 1. The van der Waals surface area contributed by atoms with Crippen LogP contribution >= 0.6 is 0 Å². The third-order valence-corrected chi connectivity index (χ3v) is 11.7. The van der Waals surface area contributed by atoms with Gasteiger partial charge in [0.05, 0.1) is 67.0 Å². The molecule has 1 fully saturated rings. The lowest BCUT2D eigenvalue weighted by Crippen LogP contribution is -2.61. The largest absolute Gasteiger partial charge is 0.496 e. The number of ether oxygens (including phenoxy) is 4. The molecule has 1 heterocycles. The van der Waals surface area contributed by atoms with E-state index in [0.29, 0.717) is 24.2 Å². The molecule has 0 saturated carbocycles. The third-order valence-electron chi connectivity index (χ3n) is 11.7. The summed E-state index contributed by atoms with van der Waals surface area (Å²) in [4.78, 5) is 72.6. The van der Waals surface area contributed by atoms with Crippen LogP contribution in [0.2, 0.25) is 0 Å². The number of nitrogens with zero attached hydrogens (tertiary/aromatic N) is 2. The summed E-state index contributed by atoms with van der Waals surface area (Å²) in [6.07, 6.45) is -0.783. The highest BCUT2D eigenvalue weighted by molar-refractivity contribution is 6.03. The molecular formula is C42H71N5O9. The van der Waals surface area contributed by atoms with Gasteiger partial charge < -0.3 is 44.7 Å². The summed E-state index contributed by atoms with van der Waals surface area (Å²) in [7, 11) is 9.54. The van der Waals surface area contributed by atoms with Gasteiger partial charge >= 0.3 is 0 Å². The number of carbonyl (C=O) groups excluding carboxylic acids is 5. The van der Waals surface area contributed by atoms with Gasteiger partial charge in [-0.05, 0) is 50.8 Å². The average molecular weight is 790 g/mol. The van der Waals surface area contributed by atoms with E-state index >= 15 is 0 Å². The molecule has 14 heteroatoms. The number of amides is 4. The van der Waals surface area contributed by atoms with Gasteiger partial charge in [0.1, 0.15) is 11.8 Å². The van der Waals surface area contributed by atoms with Crippen molar-refractivity contribution in [1.82, 2.24) is 25.8 Å². The maximum atomic E-state index is 14.6. The van der Waals surface area contributed by atoms with E-state index < -0.39 is 53.7 Å². The smallest absolute Gasteiger partial charge is 0.245 e. The van der Waals surface area contributed by atoms with Gasteiger partial charge in [-0.2, -0.15) is 0 Å². The van der Waals surface area contributed by atoms with Crippen molar-refractivity contribution in [2.75, 3.05) is 49.1 Å². The van der Waals surface area contributed by atoms with Crippen molar-refractivity contribution in [3.05, 3.63) is 29.8 Å². The molecule has 4 amide bonds. The van der Waals surface area contributed by atoms with Crippen LogP contribution in [0.25, 0.3) is 0 Å². The second-order valence-electron chi connectivity index (χ2n) is 16.2. The number of Topliss-reactive ketones (excluding diaryl/α,β-unsaturated/α-hetero) is 1. The second kappa shape index (κ2) is 21.8. The number of likely N-dealkylation sites (N-methyl/N-ethyl adjacent to an activating group) is 2. The maximum absolute atomic E-state index is 14.6. The molecule has 0 spiro atoms. The standard InChI is InChI=1S/C42H71N5O9/c1-16-26(6)36(46(11)41(52)35(25(4)5)45-40(51)34(43-10)24(2)3)32(55-14)21-33(48)47-23-29(53-12)22-42(47,9)38(56-15)27(7)39(50)44-28(8)37(49)30-19-17-18-20-31(30)54-13/h17-20,24-29,32,34-36,38,43H,16,21-23H2,1-15H3,(H,44,50)(H,45,51)/t26?,27-,28-,29-,32-,34+,35+,36+,38-,42+/m1/s1. The normalized spacial score (nSPS) is 21.4. The molecule has 2 rings (SSSR count). The fraction of sp³-hybridized carbons (Fsp3) is 0.738. The molecule has 0 radical (unpaired) electrons. The molecule has 1 unspecified atom stereocenters. The van der Waals surface area contributed by atoms with E-state index in [0.717, 1.165) is 0 Å². The summed E-state index contributed by atoms with van der Waals surface area (Å²) in [5.41, 5.74) is -0.631. The molecule has 0 aromatic heterocycles. The number of hydrogen-bond acceptors (Lipinski definition) is 10. The average Bonchev–Trinajstić information content (AvgIpc) is 3.52. The number of rotatable bonds is 22. The molecule has 1 aromatic rings. The van der Waals surface area contributed by atoms with Gasteiger partial charge in [-0.3, -0.25) is 24.0 Å². The van der Waals surface area contributed by atoms with E-state index in [4.69, 9.17) is 18.9 Å². The van der Waals surface area contributed by atoms with Gasteiger partial charge in [0.2, 0.25) is 23.6 Å². The Morgan fingerprint density at radius 1 is 0.893 bits per heavy atom. The summed E-state index contributed by atoms with van der Waals surface area (Å²) in [6.45, 7) is 17.2. The lowest BCUT2D eigenvalue weighted by molar-refractivity contribution is -0.152. The van der Waals surface area contributed by atoms with E-state index in [1.807, 2.05) is 48.5 Å². The summed E-state index contributed by atoms with van der Waals surface area (Å²) < 4.78 is 23.2. The Hall–Kier alpha value is -3.59. The van der Waals surface area contributed by atoms with Crippen molar-refractivity contribution < 1.29 is 42.9 Å². The van der Waals surface area contributed by atoms with Gasteiger partial charge in [0.15, 0.2) is 5.78 Å². The van der Waals surface area contributed by atoms with Crippen molar-refractivity contribution >= 4 is 29.4 Å². The van der Waals surface area contributed by atoms with Crippen LogP contribution in [-0.2, 0) is 33.4 Å². The van der Waals surface area contributed by atoms with E-state index in [9.17, 15) is 24.0 Å². The lowest BCUT2D eigenvalue weighted by atomic mass is 9.82. The van der Waals surface area contributed by atoms with Gasteiger partial charge in [-0.1, -0.05) is 67.0 Å². The van der Waals surface area contributed by atoms with Crippen LogP contribution < -0.4 is 20.7 Å². The van der Waals surface area contributed by atoms with Crippen molar-refractivity contribution in [3.8, 4) is 5.75 Å². The zero-order chi connectivity index (χ0) is 42.7. The second-order valence-corrected chi connectivity index (χ2v) is 16.2. The minimum atomic E-state index is -0.988. The molecule has 0 aliphatic carbocycles. The Balaban J connectivity index is 2.40. The number of likely N-dealkylation sites (tertiary alicyclic amines) is 1. The van der Waals surface area contributed by atoms with Gasteiger partial charge in [-0.25, -0.2) is 0 Å². The van der Waals surface area contributed by atoms with E-state index in [-0.39, 0.29) is 60.3 Å². The number of carbonyl (C=O) groups is 5. The molecule has 56 heavy (non-hydrogen) atoms. The maximum Gasteiger partial charge on any atom is 0.245 e. The van der Waals surface area contributed by atoms with Crippen molar-refractivity contribution in [1.29, 1.82) is 0 Å². The zero-order valence-electron chi connectivity index (χ0n) is 36.6. The van der Waals surface area contributed by atoms with Crippen molar-refractivity contribution in [2.45, 2.75) is 130 Å². The molecule has 14 nitrogen and oxygen atoms in total. The van der Waals surface area contributed by atoms with Crippen LogP contribution in [0.3, 0.4) is 0 Å². The Morgan fingerprint density at radius 2 is 1.50 bits per heavy atom. The van der Waals surface area contributed by atoms with Crippen LogP contribution in [0.4, 0.5) is 0 Å². The molecular weight excluding hydrogens is 718 g/mol. The van der Waals surface area contributed by atoms with Crippen LogP contribution in [-0.4, -0.2) is 136 Å². The van der Waals surface area contributed by atoms with Gasteiger partial charge in [-0.15, -0.1) is 0 Å². The highest BCUT2D eigenvalue weighted by Crippen LogP contribution is 2.39. The van der Waals surface area contributed by atoms with E-state index in [1.165, 1.54) is 21.3 Å². The van der Waals surface area contributed by atoms with Crippen LogP contribution in [0.15, 0.2) is 24.3 Å². The minimum Gasteiger partial charge on any atom is -0.496 e. The van der Waals surface area contributed by atoms with E-state index in [1.54, 1.807) is 69.1 Å². The van der Waals surface area contributed by atoms with E-state index in [2.05, 4.69) is 16.0 Å². The molecule has 1 aromatic carbocycles. The predicted octanol–water partition coefficient (Wildman–Crippen LogP) is 3.70. The fourth-order valence-electron chi connectivity index (χ4n) is 8.24. The Bertz CT molecular complexity index is 1470. The summed E-state index contributed by atoms with van der Waals surface area (Å²) >= 11 is 0. The quantitative estimate of drug-likeness (QED) is 0.148. The fourth-order valence-corrected chi connectivity index (χ4v) is 8.24. The first-order valence-corrected chi connectivity index (χ1v) is 19.9. The monoisotopic (exact) mass is 790 g/mol. The van der Waals surface area contributed by atoms with Crippen LogP contribution in [0.1, 0.15) is 91.9 Å². The van der Waals surface area contributed by atoms with Crippen molar-refractivity contribution in [2.24, 2.45) is 23.7 Å². The summed E-state index contributed by atoms with van der Waals surface area (Å²) in [5, 5.41) is 8.88. The third kappa shape index (κ3) is 11.3. The molecule has 1 aliphatic rings. The summed E-state index contributed by atoms with van der Waals surface area (Å²) in [6, 6.07) is 4.21. The number of methoxy groups -OCH3 is 4. The Morgan fingerprint density at radius 3 is 2.00 bits per heavy atom. The SMILES string of the molecule is CCC(C)[C@@H]([C@@H](CC(=O)N1C[C@H](OC)C[C@@]1(C)[C@H](OC)[C@@H](C)C(=O)N[C@H](C)C(=O)c1ccccc1OC)OC)N(C)C(=O)[C@@H](NC(=O)[C@@H](NC)C(C)C)C(C)C.